The number of fused-ring (bicyclic) bond motifs is 1. The van der Waals surface area contributed by atoms with Gasteiger partial charge in [0.25, 0.3) is 0 Å². The van der Waals surface area contributed by atoms with E-state index >= 15 is 0 Å². The molecule has 0 bridgehead atoms. The zero-order valence-electron chi connectivity index (χ0n) is 23.0. The van der Waals surface area contributed by atoms with E-state index in [1.54, 1.807) is 0 Å². The first kappa shape index (κ1) is 25.8. The molecule has 0 fully saturated rings. The second-order valence-corrected chi connectivity index (χ2v) is 10.6. The standard InChI is InChI=1S/C35H29BF2N2/c1-22-5-12-26(13-6-22)30-20-32(27-14-7-23(2)8-15-27)39-33(30)21-34-31-19-25(4)11-18-29(31)35(40(34)36(37)38)28-16-9-24(3)10-17-28/h5-21H,1-4H3/b33-21-. The molecule has 0 unspecified atom stereocenters. The van der Waals surface area contributed by atoms with Crippen LogP contribution in [-0.2, 0) is 0 Å². The zero-order valence-corrected chi connectivity index (χ0v) is 23.0. The Balaban J connectivity index is 1.62. The fourth-order valence-electron chi connectivity index (χ4n) is 5.32. The van der Waals surface area contributed by atoms with E-state index < -0.39 is 7.40 Å². The molecular weight excluding hydrogens is 497 g/mol. The van der Waals surface area contributed by atoms with Crippen molar-refractivity contribution in [3.8, 4) is 11.3 Å². The van der Waals surface area contributed by atoms with Crippen LogP contribution in [0.3, 0.4) is 0 Å². The predicted octanol–water partition coefficient (Wildman–Crippen LogP) is 9.24. The first-order chi connectivity index (χ1) is 19.3. The average Bonchev–Trinajstić information content (AvgIpc) is 3.49. The van der Waals surface area contributed by atoms with Crippen LogP contribution in [0.5, 0.6) is 0 Å². The Morgan fingerprint density at radius 1 is 0.625 bits per heavy atom. The van der Waals surface area contributed by atoms with Gasteiger partial charge >= 0.3 is 7.40 Å². The van der Waals surface area contributed by atoms with Crippen LogP contribution < -0.4 is 0 Å². The summed E-state index contributed by atoms with van der Waals surface area (Å²) in [5.74, 6) is 0. The van der Waals surface area contributed by atoms with Crippen molar-refractivity contribution in [1.29, 1.82) is 0 Å². The number of halogens is 2. The lowest BCUT2D eigenvalue weighted by molar-refractivity contribution is 0.631. The van der Waals surface area contributed by atoms with Crippen LogP contribution in [0.1, 0.15) is 39.1 Å². The third kappa shape index (κ3) is 4.73. The average molecular weight is 526 g/mol. The highest BCUT2D eigenvalue weighted by Crippen LogP contribution is 2.39. The summed E-state index contributed by atoms with van der Waals surface area (Å²) < 4.78 is 31.1. The molecule has 5 aromatic rings. The van der Waals surface area contributed by atoms with Gasteiger partial charge < -0.3 is 4.48 Å². The second-order valence-electron chi connectivity index (χ2n) is 10.6. The molecular formula is C35H29BF2N2. The van der Waals surface area contributed by atoms with Gasteiger partial charge in [-0.1, -0.05) is 107 Å². The molecule has 2 heterocycles. The molecule has 0 saturated carbocycles. The van der Waals surface area contributed by atoms with E-state index in [0.717, 1.165) is 59.9 Å². The van der Waals surface area contributed by atoms with Crippen molar-refractivity contribution in [3.63, 3.8) is 0 Å². The van der Waals surface area contributed by atoms with Crippen molar-refractivity contribution in [1.82, 2.24) is 4.48 Å². The first-order valence-electron chi connectivity index (χ1n) is 13.4. The monoisotopic (exact) mass is 526 g/mol. The van der Waals surface area contributed by atoms with Gasteiger partial charge in [0, 0.05) is 33.3 Å². The van der Waals surface area contributed by atoms with E-state index in [4.69, 9.17) is 4.99 Å². The molecule has 1 aliphatic rings. The number of aliphatic imine (C=N–C) groups is 1. The van der Waals surface area contributed by atoms with Gasteiger partial charge in [-0.05, 0) is 57.0 Å². The van der Waals surface area contributed by atoms with Crippen LogP contribution in [0.25, 0.3) is 33.7 Å². The minimum atomic E-state index is -2.73. The number of allylic oxidation sites excluding steroid dienone is 2. The van der Waals surface area contributed by atoms with Crippen LogP contribution in [0, 0.1) is 27.7 Å². The fraction of sp³-hybridized carbons (Fsp3) is 0.114. The van der Waals surface area contributed by atoms with Gasteiger partial charge in [0.05, 0.1) is 11.4 Å². The van der Waals surface area contributed by atoms with Crippen molar-refractivity contribution in [2.24, 2.45) is 4.99 Å². The number of aromatic nitrogens is 1. The normalized spacial score (nSPS) is 14.1. The molecule has 196 valence electrons. The maximum absolute atomic E-state index is 15.0. The lowest BCUT2D eigenvalue weighted by Crippen LogP contribution is -2.16. The molecule has 0 spiro atoms. The van der Waals surface area contributed by atoms with Gasteiger partial charge in [-0.2, -0.15) is 0 Å². The Morgan fingerprint density at radius 2 is 1.15 bits per heavy atom. The quantitative estimate of drug-likeness (QED) is 0.203. The lowest BCUT2D eigenvalue weighted by Gasteiger charge is -2.11. The molecule has 2 nitrogen and oxygen atoms in total. The van der Waals surface area contributed by atoms with Crippen molar-refractivity contribution < 1.29 is 8.63 Å². The van der Waals surface area contributed by atoms with Crippen LogP contribution in [0.4, 0.5) is 8.63 Å². The number of benzene rings is 4. The minimum absolute atomic E-state index is 0.450. The fourth-order valence-corrected chi connectivity index (χ4v) is 5.32. The predicted molar refractivity (Wildman–Crippen MR) is 165 cm³/mol. The Labute approximate surface area is 234 Å². The topological polar surface area (TPSA) is 17.3 Å². The van der Waals surface area contributed by atoms with E-state index in [1.807, 2.05) is 69.3 Å². The summed E-state index contributed by atoms with van der Waals surface area (Å²) in [7, 11) is -2.73. The summed E-state index contributed by atoms with van der Waals surface area (Å²) in [5.41, 5.74) is 10.5. The molecule has 1 aliphatic heterocycles. The maximum atomic E-state index is 15.0. The number of nitrogens with zero attached hydrogens (tertiary/aromatic N) is 2. The number of hydrogen-bond donors (Lipinski definition) is 0. The van der Waals surface area contributed by atoms with Crippen molar-refractivity contribution in [2.75, 3.05) is 0 Å². The maximum Gasteiger partial charge on any atom is 0.678 e. The molecule has 0 amide bonds. The van der Waals surface area contributed by atoms with Gasteiger partial charge in [-0.25, -0.2) is 4.99 Å². The third-order valence-corrected chi connectivity index (χ3v) is 7.51. The zero-order chi connectivity index (χ0) is 28.0. The minimum Gasteiger partial charge on any atom is -0.324 e. The SMILES string of the molecule is Cc1ccc(C2=CC(c3ccc(C)cc3)=N/C2=C\c2c3cc(C)ccc3c(-c3ccc(C)cc3)n2B(F)F)cc1. The summed E-state index contributed by atoms with van der Waals surface area (Å²) in [5, 5.41) is 1.58. The summed E-state index contributed by atoms with van der Waals surface area (Å²) in [6.07, 6.45) is 3.89. The van der Waals surface area contributed by atoms with E-state index in [0.29, 0.717) is 17.1 Å². The van der Waals surface area contributed by atoms with Gasteiger partial charge in [-0.15, -0.1) is 0 Å². The molecule has 1 aromatic heterocycles. The molecule has 0 atom stereocenters. The van der Waals surface area contributed by atoms with Gasteiger partial charge in [0.2, 0.25) is 0 Å². The Morgan fingerprint density at radius 3 is 1.73 bits per heavy atom. The van der Waals surface area contributed by atoms with E-state index in [1.165, 1.54) is 5.56 Å². The van der Waals surface area contributed by atoms with Crippen LogP contribution in [0.2, 0.25) is 0 Å². The highest BCUT2D eigenvalue weighted by Gasteiger charge is 2.29. The first-order valence-corrected chi connectivity index (χ1v) is 13.4. The third-order valence-electron chi connectivity index (χ3n) is 7.51. The van der Waals surface area contributed by atoms with Gasteiger partial charge in [0.15, 0.2) is 0 Å². The molecule has 0 saturated heterocycles. The van der Waals surface area contributed by atoms with E-state index in [9.17, 15) is 8.63 Å². The highest BCUT2D eigenvalue weighted by atomic mass is 19.2. The number of hydrogen-bond acceptors (Lipinski definition) is 1. The Hall–Kier alpha value is -4.51. The van der Waals surface area contributed by atoms with Gasteiger partial charge in [-0.3, -0.25) is 8.63 Å². The molecule has 6 rings (SSSR count). The van der Waals surface area contributed by atoms with Crippen molar-refractivity contribution in [2.45, 2.75) is 27.7 Å². The van der Waals surface area contributed by atoms with Gasteiger partial charge in [0.1, 0.15) is 0 Å². The summed E-state index contributed by atoms with van der Waals surface area (Å²) in [4.78, 5) is 5.01. The summed E-state index contributed by atoms with van der Waals surface area (Å²) in [6.45, 7) is 8.09. The van der Waals surface area contributed by atoms with Crippen molar-refractivity contribution >= 4 is 35.5 Å². The van der Waals surface area contributed by atoms with E-state index in [2.05, 4.69) is 61.5 Å². The Bertz CT molecular complexity index is 1820. The lowest BCUT2D eigenvalue weighted by atomic mass is 9.99. The largest absolute Gasteiger partial charge is 0.678 e. The van der Waals surface area contributed by atoms with Crippen LogP contribution >= 0.6 is 0 Å². The molecule has 0 N–H and O–H groups in total. The Kier molecular flexibility index (Phi) is 6.59. The molecule has 5 heteroatoms. The molecule has 40 heavy (non-hydrogen) atoms. The van der Waals surface area contributed by atoms with Crippen LogP contribution in [0.15, 0.2) is 108 Å². The highest BCUT2D eigenvalue weighted by molar-refractivity contribution is 6.43. The van der Waals surface area contributed by atoms with Crippen molar-refractivity contribution in [3.05, 3.63) is 142 Å². The summed E-state index contributed by atoms with van der Waals surface area (Å²) in [6, 6.07) is 30.2. The second kappa shape index (κ2) is 10.2. The van der Waals surface area contributed by atoms with Crippen LogP contribution in [-0.4, -0.2) is 17.6 Å². The summed E-state index contributed by atoms with van der Waals surface area (Å²) >= 11 is 0. The number of rotatable bonds is 5. The smallest absolute Gasteiger partial charge is 0.324 e. The molecule has 0 aliphatic carbocycles. The molecule has 0 radical (unpaired) electrons. The van der Waals surface area contributed by atoms with E-state index in [-0.39, 0.29) is 0 Å². The number of aryl methyl sites for hydroxylation is 4. The molecule has 4 aromatic carbocycles.